The zero-order chi connectivity index (χ0) is 12.5. The lowest BCUT2D eigenvalue weighted by molar-refractivity contribution is -0.129. The predicted molar refractivity (Wildman–Crippen MR) is 76.9 cm³/mol. The monoisotopic (exact) mass is 339 g/mol. The Bertz CT molecular complexity index is 655. The summed E-state index contributed by atoms with van der Waals surface area (Å²) in [6, 6.07) is 5.71. The van der Waals surface area contributed by atoms with E-state index in [-0.39, 0.29) is 0 Å². The maximum atomic E-state index is 11.7. The molecule has 0 bridgehead atoms. The van der Waals surface area contributed by atoms with Gasteiger partial charge in [0.2, 0.25) is 5.90 Å². The summed E-state index contributed by atoms with van der Waals surface area (Å²) >= 11 is 6.43. The molecule has 0 saturated heterocycles. The number of hydrogen-bond donors (Lipinski definition) is 0. The first kappa shape index (κ1) is 11.8. The van der Waals surface area contributed by atoms with Gasteiger partial charge >= 0.3 is 5.97 Å². The standard InChI is InChI=1S/C12H6BrNO2S2/c13-10-5-7(6-18-10)4-8-12(15)16-11(14-8)9-2-1-3-17-9/h1-6H/b8-4-. The van der Waals surface area contributed by atoms with Crippen LogP contribution in [0.5, 0.6) is 0 Å². The van der Waals surface area contributed by atoms with Crippen molar-refractivity contribution in [3.8, 4) is 0 Å². The Morgan fingerprint density at radius 3 is 2.94 bits per heavy atom. The largest absolute Gasteiger partial charge is 0.401 e. The molecule has 0 atom stereocenters. The third-order valence-electron chi connectivity index (χ3n) is 2.24. The Hall–Kier alpha value is -1.24. The van der Waals surface area contributed by atoms with Gasteiger partial charge < -0.3 is 4.74 Å². The van der Waals surface area contributed by atoms with E-state index < -0.39 is 5.97 Å². The molecule has 0 fully saturated rings. The molecule has 3 rings (SSSR count). The number of esters is 1. The van der Waals surface area contributed by atoms with E-state index in [0.717, 1.165) is 14.2 Å². The minimum Gasteiger partial charge on any atom is -0.401 e. The van der Waals surface area contributed by atoms with Crippen LogP contribution >= 0.6 is 38.6 Å². The van der Waals surface area contributed by atoms with Crippen LogP contribution in [0, 0.1) is 0 Å². The highest BCUT2D eigenvalue weighted by atomic mass is 79.9. The van der Waals surface area contributed by atoms with Crippen molar-refractivity contribution in [3.63, 3.8) is 0 Å². The molecule has 1 aliphatic heterocycles. The smallest absolute Gasteiger partial charge is 0.363 e. The Morgan fingerprint density at radius 1 is 1.39 bits per heavy atom. The lowest BCUT2D eigenvalue weighted by Gasteiger charge is -1.92. The third kappa shape index (κ3) is 2.31. The van der Waals surface area contributed by atoms with Gasteiger partial charge in [0.05, 0.1) is 8.66 Å². The van der Waals surface area contributed by atoms with Gasteiger partial charge in [0.1, 0.15) is 0 Å². The van der Waals surface area contributed by atoms with E-state index >= 15 is 0 Å². The zero-order valence-electron chi connectivity index (χ0n) is 8.92. The molecule has 0 saturated carbocycles. The first-order chi connectivity index (χ1) is 8.72. The average molecular weight is 340 g/mol. The third-order valence-corrected chi connectivity index (χ3v) is 4.62. The van der Waals surface area contributed by atoms with Crippen molar-refractivity contribution in [1.29, 1.82) is 0 Å². The molecule has 6 heteroatoms. The number of cyclic esters (lactones) is 1. The van der Waals surface area contributed by atoms with Crippen LogP contribution < -0.4 is 0 Å². The number of hydrogen-bond acceptors (Lipinski definition) is 5. The van der Waals surface area contributed by atoms with Crippen molar-refractivity contribution >= 4 is 56.5 Å². The summed E-state index contributed by atoms with van der Waals surface area (Å²) in [4.78, 5) is 16.8. The van der Waals surface area contributed by atoms with Crippen LogP contribution in [0.15, 0.2) is 43.4 Å². The number of thiophene rings is 2. The second-order valence-electron chi connectivity index (χ2n) is 3.50. The van der Waals surface area contributed by atoms with Crippen molar-refractivity contribution in [1.82, 2.24) is 0 Å². The molecule has 90 valence electrons. The number of halogens is 1. The van der Waals surface area contributed by atoms with E-state index in [0.29, 0.717) is 11.6 Å². The molecule has 0 radical (unpaired) electrons. The van der Waals surface area contributed by atoms with Gasteiger partial charge in [-0.1, -0.05) is 6.07 Å². The second kappa shape index (κ2) is 4.79. The summed E-state index contributed by atoms with van der Waals surface area (Å²) in [6.45, 7) is 0. The first-order valence-corrected chi connectivity index (χ1v) is 7.58. The number of carbonyl (C=O) groups is 1. The van der Waals surface area contributed by atoms with Crippen LogP contribution in [0.4, 0.5) is 0 Å². The Morgan fingerprint density at radius 2 is 2.28 bits per heavy atom. The molecule has 0 aliphatic carbocycles. The highest BCUT2D eigenvalue weighted by molar-refractivity contribution is 9.11. The fourth-order valence-corrected chi connectivity index (χ4v) is 3.25. The van der Waals surface area contributed by atoms with E-state index in [1.165, 1.54) is 11.3 Å². The van der Waals surface area contributed by atoms with Crippen LogP contribution in [0.3, 0.4) is 0 Å². The lowest BCUT2D eigenvalue weighted by Crippen LogP contribution is -2.03. The molecule has 3 nitrogen and oxygen atoms in total. The number of rotatable bonds is 2. The fraction of sp³-hybridized carbons (Fsp3) is 0. The summed E-state index contributed by atoms with van der Waals surface area (Å²) in [5, 5.41) is 3.87. The van der Waals surface area contributed by atoms with Crippen LogP contribution in [0.2, 0.25) is 0 Å². The second-order valence-corrected chi connectivity index (χ2v) is 6.74. The average Bonchev–Trinajstić information content (AvgIpc) is 3.02. The molecule has 0 N–H and O–H groups in total. The maximum absolute atomic E-state index is 11.7. The van der Waals surface area contributed by atoms with Gasteiger partial charge in [-0.05, 0) is 50.5 Å². The number of nitrogens with zero attached hydrogens (tertiary/aromatic N) is 1. The molecule has 0 aromatic carbocycles. The van der Waals surface area contributed by atoms with Gasteiger partial charge in [0.25, 0.3) is 0 Å². The van der Waals surface area contributed by atoms with Crippen molar-refractivity contribution < 1.29 is 9.53 Å². The van der Waals surface area contributed by atoms with E-state index in [4.69, 9.17) is 4.74 Å². The van der Waals surface area contributed by atoms with Gasteiger partial charge in [-0.2, -0.15) is 0 Å². The topological polar surface area (TPSA) is 38.7 Å². The summed E-state index contributed by atoms with van der Waals surface area (Å²) in [5.41, 5.74) is 1.28. The van der Waals surface area contributed by atoms with E-state index in [1.807, 2.05) is 29.0 Å². The van der Waals surface area contributed by atoms with Crippen molar-refractivity contribution in [2.45, 2.75) is 0 Å². The van der Waals surface area contributed by atoms with Gasteiger partial charge in [0, 0.05) is 0 Å². The first-order valence-electron chi connectivity index (χ1n) is 5.03. The van der Waals surface area contributed by atoms with Crippen molar-refractivity contribution in [3.05, 3.63) is 48.9 Å². The molecule has 0 amide bonds. The Labute approximate surface area is 120 Å². The summed E-state index contributed by atoms with van der Waals surface area (Å²) < 4.78 is 6.16. The highest BCUT2D eigenvalue weighted by Crippen LogP contribution is 2.25. The Kier molecular flexibility index (Phi) is 3.15. The predicted octanol–water partition coefficient (Wildman–Crippen LogP) is 3.92. The van der Waals surface area contributed by atoms with Crippen LogP contribution in [-0.4, -0.2) is 11.9 Å². The quantitative estimate of drug-likeness (QED) is 0.614. The van der Waals surface area contributed by atoms with E-state index in [1.54, 1.807) is 17.4 Å². The van der Waals surface area contributed by atoms with Gasteiger partial charge in [0.15, 0.2) is 5.70 Å². The molecule has 2 aromatic heterocycles. The molecule has 1 aliphatic rings. The summed E-state index contributed by atoms with van der Waals surface area (Å²) in [7, 11) is 0. The minimum atomic E-state index is -0.402. The lowest BCUT2D eigenvalue weighted by atomic mass is 10.3. The van der Waals surface area contributed by atoms with Gasteiger partial charge in [-0.15, -0.1) is 22.7 Å². The van der Waals surface area contributed by atoms with Crippen molar-refractivity contribution in [2.24, 2.45) is 4.99 Å². The molecule has 18 heavy (non-hydrogen) atoms. The van der Waals surface area contributed by atoms with Crippen LogP contribution in [0.25, 0.3) is 6.08 Å². The normalized spacial score (nSPS) is 17.1. The van der Waals surface area contributed by atoms with Gasteiger partial charge in [-0.3, -0.25) is 0 Å². The van der Waals surface area contributed by atoms with Gasteiger partial charge in [-0.25, -0.2) is 9.79 Å². The van der Waals surface area contributed by atoms with Crippen LogP contribution in [0.1, 0.15) is 10.4 Å². The maximum Gasteiger partial charge on any atom is 0.363 e. The summed E-state index contributed by atoms with van der Waals surface area (Å²) in [6.07, 6.45) is 1.73. The zero-order valence-corrected chi connectivity index (χ0v) is 12.1. The SMILES string of the molecule is O=C1OC(c2cccs2)=N/C1=C\c1csc(Br)c1. The highest BCUT2D eigenvalue weighted by Gasteiger charge is 2.24. The molecule has 0 spiro atoms. The van der Waals surface area contributed by atoms with E-state index in [2.05, 4.69) is 20.9 Å². The molecule has 3 heterocycles. The number of carbonyl (C=O) groups excluding carboxylic acids is 1. The van der Waals surface area contributed by atoms with Crippen LogP contribution in [-0.2, 0) is 9.53 Å². The Balaban J connectivity index is 1.94. The molecule has 0 unspecified atom stereocenters. The fourth-order valence-electron chi connectivity index (χ4n) is 1.47. The number of ether oxygens (including phenoxy) is 1. The van der Waals surface area contributed by atoms with E-state index in [9.17, 15) is 4.79 Å². The minimum absolute atomic E-state index is 0.337. The molecular formula is C12H6BrNO2S2. The number of aliphatic imine (C=N–C) groups is 1. The molecule has 2 aromatic rings. The summed E-state index contributed by atoms with van der Waals surface area (Å²) in [5.74, 6) is -0.0173. The molecular weight excluding hydrogens is 334 g/mol. The van der Waals surface area contributed by atoms with Crippen molar-refractivity contribution in [2.75, 3.05) is 0 Å².